The van der Waals surface area contributed by atoms with E-state index in [1.807, 2.05) is 37.3 Å². The van der Waals surface area contributed by atoms with Gasteiger partial charge in [0, 0.05) is 11.8 Å². The van der Waals surface area contributed by atoms with Crippen molar-refractivity contribution in [3.05, 3.63) is 78.1 Å². The normalized spacial score (nSPS) is 12.0. The van der Waals surface area contributed by atoms with Crippen molar-refractivity contribution in [2.75, 3.05) is 0 Å². The van der Waals surface area contributed by atoms with Crippen molar-refractivity contribution in [2.45, 2.75) is 38.2 Å². The molecule has 0 aliphatic heterocycles. The average Bonchev–Trinajstić information content (AvgIpc) is 3.07. The summed E-state index contributed by atoms with van der Waals surface area (Å²) in [6.45, 7) is 7.12. The quantitative estimate of drug-likeness (QED) is 0.601. The maximum absolute atomic E-state index is 13.2. The van der Waals surface area contributed by atoms with Crippen LogP contribution in [-0.2, 0) is 14.8 Å². The molecule has 0 N–H and O–H groups in total. The number of hydrogen-bond acceptors (Lipinski definition) is 4. The summed E-state index contributed by atoms with van der Waals surface area (Å²) in [5.74, 6) is -0.688. The number of ether oxygens (including phenoxy) is 1. The lowest BCUT2D eigenvalue weighted by molar-refractivity contribution is 0.00626. The van der Waals surface area contributed by atoms with E-state index in [1.54, 1.807) is 39.0 Å². The molecule has 0 amide bonds. The van der Waals surface area contributed by atoms with Crippen LogP contribution in [0.1, 0.15) is 36.8 Å². The molecule has 1 heterocycles. The first kappa shape index (κ1) is 19.9. The summed E-state index contributed by atoms with van der Waals surface area (Å²) in [6, 6.07) is 17.3. The molecule has 0 unspecified atom stereocenters. The van der Waals surface area contributed by atoms with Crippen LogP contribution in [0, 0.1) is 6.92 Å². The Morgan fingerprint density at radius 3 is 2.11 bits per heavy atom. The van der Waals surface area contributed by atoms with Gasteiger partial charge >= 0.3 is 5.97 Å². The van der Waals surface area contributed by atoms with E-state index in [0.29, 0.717) is 5.56 Å². The van der Waals surface area contributed by atoms with Gasteiger partial charge in [-0.3, -0.25) is 0 Å². The van der Waals surface area contributed by atoms with E-state index < -0.39 is 21.6 Å². The smallest absolute Gasteiger partial charge is 0.357 e. The lowest BCUT2D eigenvalue weighted by atomic mass is 10.1. The molecule has 0 fully saturated rings. The Morgan fingerprint density at radius 2 is 1.54 bits per heavy atom. The lowest BCUT2D eigenvalue weighted by Gasteiger charge is -2.21. The zero-order valence-electron chi connectivity index (χ0n) is 16.3. The number of hydrogen-bond donors (Lipinski definition) is 0. The minimum absolute atomic E-state index is 0.0123. The highest BCUT2D eigenvalue weighted by molar-refractivity contribution is 7.90. The summed E-state index contributed by atoms with van der Waals surface area (Å²) in [4.78, 5) is 13.1. The summed E-state index contributed by atoms with van der Waals surface area (Å²) in [5.41, 5.74) is 1.42. The summed E-state index contributed by atoms with van der Waals surface area (Å²) < 4.78 is 33.0. The van der Waals surface area contributed by atoms with Gasteiger partial charge in [-0.15, -0.1) is 0 Å². The van der Waals surface area contributed by atoms with E-state index in [4.69, 9.17) is 4.74 Å². The van der Waals surface area contributed by atoms with Crippen LogP contribution >= 0.6 is 0 Å². The van der Waals surface area contributed by atoms with Gasteiger partial charge in [0.1, 0.15) is 11.3 Å². The van der Waals surface area contributed by atoms with Gasteiger partial charge in [-0.2, -0.15) is 0 Å². The fourth-order valence-electron chi connectivity index (χ4n) is 2.82. The fourth-order valence-corrected chi connectivity index (χ4v) is 4.16. The van der Waals surface area contributed by atoms with Crippen LogP contribution in [0.15, 0.2) is 71.8 Å². The van der Waals surface area contributed by atoms with E-state index in [2.05, 4.69) is 0 Å². The summed E-state index contributed by atoms with van der Waals surface area (Å²) in [6.07, 6.45) is 1.40. The predicted octanol–water partition coefficient (Wildman–Crippen LogP) is 4.66. The van der Waals surface area contributed by atoms with Gasteiger partial charge in [0.2, 0.25) is 0 Å². The molecule has 0 atom stereocenters. The number of aromatic nitrogens is 1. The molecular weight excluding hydrogens is 374 g/mol. The zero-order valence-corrected chi connectivity index (χ0v) is 17.2. The van der Waals surface area contributed by atoms with Gasteiger partial charge in [0.25, 0.3) is 10.0 Å². The third-order valence-corrected chi connectivity index (χ3v) is 5.80. The molecule has 6 heteroatoms. The highest BCUT2D eigenvalue weighted by atomic mass is 32.2. The largest absolute Gasteiger partial charge is 0.455 e. The van der Waals surface area contributed by atoms with Crippen LogP contribution in [0.3, 0.4) is 0 Å². The number of rotatable bonds is 4. The van der Waals surface area contributed by atoms with Crippen LogP contribution < -0.4 is 0 Å². The Bertz CT molecular complexity index is 1090. The van der Waals surface area contributed by atoms with Gasteiger partial charge in [0.05, 0.1) is 4.90 Å². The van der Waals surface area contributed by atoms with Crippen LogP contribution in [0.25, 0.3) is 11.1 Å². The molecule has 1 aromatic heterocycles. The monoisotopic (exact) mass is 397 g/mol. The molecule has 3 aromatic rings. The minimum atomic E-state index is -3.96. The lowest BCUT2D eigenvalue weighted by Crippen LogP contribution is -2.27. The predicted molar refractivity (Wildman–Crippen MR) is 109 cm³/mol. The summed E-state index contributed by atoms with van der Waals surface area (Å²) in [5, 5.41) is 0. The molecule has 0 saturated heterocycles. The molecule has 0 spiro atoms. The van der Waals surface area contributed by atoms with E-state index in [1.165, 1.54) is 18.3 Å². The van der Waals surface area contributed by atoms with E-state index in [-0.39, 0.29) is 10.6 Å². The third-order valence-electron chi connectivity index (χ3n) is 4.11. The second-order valence-electron chi connectivity index (χ2n) is 7.56. The molecule has 5 nitrogen and oxygen atoms in total. The highest BCUT2D eigenvalue weighted by Gasteiger charge is 2.30. The van der Waals surface area contributed by atoms with Gasteiger partial charge in [-0.25, -0.2) is 17.2 Å². The first-order valence-electron chi connectivity index (χ1n) is 8.92. The highest BCUT2D eigenvalue weighted by Crippen LogP contribution is 2.29. The van der Waals surface area contributed by atoms with Crippen molar-refractivity contribution in [1.82, 2.24) is 3.97 Å². The Balaban J connectivity index is 2.20. The Kier molecular flexibility index (Phi) is 5.17. The second kappa shape index (κ2) is 7.28. The first-order valence-corrected chi connectivity index (χ1v) is 10.4. The molecule has 0 aliphatic rings. The number of nitrogens with zero attached hydrogens (tertiary/aromatic N) is 1. The molecule has 0 radical (unpaired) electrons. The van der Waals surface area contributed by atoms with Crippen molar-refractivity contribution >= 4 is 16.0 Å². The Labute approximate surface area is 165 Å². The molecular formula is C22H23NO4S. The van der Waals surface area contributed by atoms with Crippen LogP contribution in [-0.4, -0.2) is 24.0 Å². The van der Waals surface area contributed by atoms with Crippen LogP contribution in [0.5, 0.6) is 0 Å². The first-order chi connectivity index (χ1) is 13.1. The van der Waals surface area contributed by atoms with Crippen molar-refractivity contribution in [1.29, 1.82) is 0 Å². The van der Waals surface area contributed by atoms with Crippen LogP contribution in [0.2, 0.25) is 0 Å². The number of esters is 1. The molecule has 0 saturated carbocycles. The van der Waals surface area contributed by atoms with Crippen molar-refractivity contribution in [3.63, 3.8) is 0 Å². The van der Waals surface area contributed by atoms with Crippen molar-refractivity contribution < 1.29 is 17.9 Å². The number of carbonyl (C=O) groups is 1. The maximum atomic E-state index is 13.2. The molecule has 146 valence electrons. The maximum Gasteiger partial charge on any atom is 0.357 e. The van der Waals surface area contributed by atoms with Crippen molar-refractivity contribution in [3.8, 4) is 11.1 Å². The Morgan fingerprint density at radius 1 is 0.929 bits per heavy atom. The minimum Gasteiger partial charge on any atom is -0.455 e. The van der Waals surface area contributed by atoms with E-state index in [9.17, 15) is 13.2 Å². The molecule has 3 rings (SSSR count). The van der Waals surface area contributed by atoms with Gasteiger partial charge < -0.3 is 4.74 Å². The topological polar surface area (TPSA) is 65.4 Å². The SMILES string of the molecule is Cc1ccc(S(=O)(=O)n2ccc(-c3ccccc3)c2C(=O)OC(C)(C)C)cc1. The second-order valence-corrected chi connectivity index (χ2v) is 9.37. The summed E-state index contributed by atoms with van der Waals surface area (Å²) >= 11 is 0. The van der Waals surface area contributed by atoms with Gasteiger partial charge in [-0.1, -0.05) is 48.0 Å². The molecule has 28 heavy (non-hydrogen) atoms. The summed E-state index contributed by atoms with van der Waals surface area (Å²) in [7, 11) is -3.96. The number of benzene rings is 2. The average molecular weight is 397 g/mol. The zero-order chi connectivity index (χ0) is 20.5. The van der Waals surface area contributed by atoms with E-state index >= 15 is 0 Å². The molecule has 0 aliphatic carbocycles. The number of carbonyl (C=O) groups excluding carboxylic acids is 1. The fraction of sp³-hybridized carbons (Fsp3) is 0.227. The standard InChI is InChI=1S/C22H23NO4S/c1-16-10-12-18(13-11-16)28(25,26)23-15-14-19(17-8-6-5-7-9-17)20(23)21(24)27-22(2,3)4/h5-15H,1-4H3. The van der Waals surface area contributed by atoms with Crippen LogP contribution in [0.4, 0.5) is 0 Å². The molecule has 0 bridgehead atoms. The Hall–Kier alpha value is -2.86. The number of aryl methyl sites for hydroxylation is 1. The molecule has 2 aromatic carbocycles. The third kappa shape index (κ3) is 4.02. The van der Waals surface area contributed by atoms with Gasteiger partial charge in [0.15, 0.2) is 0 Å². The van der Waals surface area contributed by atoms with E-state index in [0.717, 1.165) is 15.1 Å². The van der Waals surface area contributed by atoms with Gasteiger partial charge in [-0.05, 0) is 51.5 Å². The van der Waals surface area contributed by atoms with Crippen molar-refractivity contribution in [2.24, 2.45) is 0 Å².